The fourth-order valence-electron chi connectivity index (χ4n) is 2.34. The van der Waals surface area contributed by atoms with E-state index in [1.807, 2.05) is 31.1 Å². The van der Waals surface area contributed by atoms with Gasteiger partial charge in [0.2, 0.25) is 0 Å². The molecular weight excluding hydrogens is 320 g/mol. The highest BCUT2D eigenvalue weighted by Crippen LogP contribution is 2.34. The molecule has 0 fully saturated rings. The molecule has 0 aliphatic carbocycles. The topological polar surface area (TPSA) is 109 Å². The summed E-state index contributed by atoms with van der Waals surface area (Å²) in [6, 6.07) is 3.82. The fourth-order valence-corrected chi connectivity index (χ4v) is 2.34. The molecule has 25 heavy (non-hydrogen) atoms. The van der Waals surface area contributed by atoms with Crippen LogP contribution in [0.2, 0.25) is 0 Å². The second-order valence-electron chi connectivity index (χ2n) is 7.23. The van der Waals surface area contributed by atoms with E-state index in [1.54, 1.807) is 6.20 Å². The number of anilines is 2. The van der Waals surface area contributed by atoms with E-state index in [-0.39, 0.29) is 12.1 Å². The summed E-state index contributed by atoms with van der Waals surface area (Å²) in [5.74, 6) is 6.64. The third-order valence-corrected chi connectivity index (χ3v) is 3.66. The van der Waals surface area contributed by atoms with E-state index in [0.29, 0.717) is 18.1 Å². The Labute approximate surface area is 148 Å². The summed E-state index contributed by atoms with van der Waals surface area (Å²) < 4.78 is 5.88. The predicted octanol–water partition coefficient (Wildman–Crippen LogP) is 1.11. The van der Waals surface area contributed by atoms with Gasteiger partial charge in [-0.25, -0.2) is 5.84 Å². The number of aliphatic hydroxyl groups is 1. The fraction of sp³-hybridized carbons (Fsp3) is 0.529. The lowest BCUT2D eigenvalue weighted by atomic mass is 10.1. The van der Waals surface area contributed by atoms with Crippen molar-refractivity contribution in [3.05, 3.63) is 18.3 Å². The highest BCUT2D eigenvalue weighted by molar-refractivity contribution is 5.95. The van der Waals surface area contributed by atoms with Crippen LogP contribution in [0.5, 0.6) is 5.75 Å². The lowest BCUT2D eigenvalue weighted by Crippen LogP contribution is -2.42. The quantitative estimate of drug-likeness (QED) is 0.435. The lowest BCUT2D eigenvalue weighted by Gasteiger charge is -2.24. The number of aromatic nitrogens is 2. The van der Waals surface area contributed by atoms with Gasteiger partial charge in [0.15, 0.2) is 5.82 Å². The number of β-amino-alcohol motifs (C(OH)–C–C–N with tert-alkyl or cyclic N) is 1. The summed E-state index contributed by atoms with van der Waals surface area (Å²) >= 11 is 0. The number of hydrogen-bond acceptors (Lipinski definition) is 8. The number of aliphatic hydroxyl groups excluding tert-OH is 1. The molecule has 2 aromatic rings. The first-order valence-electron chi connectivity index (χ1n) is 8.20. The van der Waals surface area contributed by atoms with E-state index in [9.17, 15) is 5.11 Å². The molecule has 138 valence electrons. The van der Waals surface area contributed by atoms with Gasteiger partial charge in [-0.15, -0.1) is 5.10 Å². The average molecular weight is 348 g/mol. The van der Waals surface area contributed by atoms with Crippen molar-refractivity contribution in [2.45, 2.75) is 32.4 Å². The average Bonchev–Trinajstić information content (AvgIpc) is 2.55. The van der Waals surface area contributed by atoms with Gasteiger partial charge in [0.05, 0.1) is 11.9 Å². The number of nitrogens with two attached hydrogens (primary N) is 1. The summed E-state index contributed by atoms with van der Waals surface area (Å²) in [6.07, 6.45) is 1.06. The zero-order chi connectivity index (χ0) is 18.6. The number of rotatable bonds is 7. The Bertz CT molecular complexity index is 714. The van der Waals surface area contributed by atoms with E-state index in [0.717, 1.165) is 16.5 Å². The number of nitrogens with zero attached hydrogens (tertiary/aromatic N) is 3. The summed E-state index contributed by atoms with van der Waals surface area (Å²) in [4.78, 5) is 1.95. The van der Waals surface area contributed by atoms with Crippen molar-refractivity contribution < 1.29 is 9.84 Å². The molecule has 2 rings (SSSR count). The number of benzene rings is 1. The molecule has 1 aromatic carbocycles. The van der Waals surface area contributed by atoms with Crippen molar-refractivity contribution in [2.75, 3.05) is 37.6 Å². The molecule has 1 unspecified atom stereocenters. The van der Waals surface area contributed by atoms with Crippen LogP contribution in [0.25, 0.3) is 10.8 Å². The molecule has 8 nitrogen and oxygen atoms in total. The maximum atomic E-state index is 10.2. The van der Waals surface area contributed by atoms with Crippen LogP contribution in [0.4, 0.5) is 11.5 Å². The number of ether oxygens (including phenoxy) is 1. The van der Waals surface area contributed by atoms with Gasteiger partial charge in [-0.1, -0.05) is 0 Å². The highest BCUT2D eigenvalue weighted by Gasteiger charge is 2.15. The van der Waals surface area contributed by atoms with Gasteiger partial charge < -0.3 is 25.5 Å². The minimum absolute atomic E-state index is 0.0565. The van der Waals surface area contributed by atoms with Gasteiger partial charge in [-0.3, -0.25) is 0 Å². The second-order valence-corrected chi connectivity index (χ2v) is 7.23. The van der Waals surface area contributed by atoms with Crippen LogP contribution in [-0.2, 0) is 0 Å². The maximum absolute atomic E-state index is 10.2. The summed E-state index contributed by atoms with van der Waals surface area (Å²) in [5.41, 5.74) is 3.38. The molecule has 0 radical (unpaired) electrons. The van der Waals surface area contributed by atoms with Gasteiger partial charge in [-0.05, 0) is 32.9 Å². The summed E-state index contributed by atoms with van der Waals surface area (Å²) in [6.45, 7) is 6.79. The van der Waals surface area contributed by atoms with Crippen LogP contribution in [-0.4, -0.2) is 54.2 Å². The maximum Gasteiger partial charge on any atom is 0.170 e. The van der Waals surface area contributed by atoms with E-state index >= 15 is 0 Å². The van der Waals surface area contributed by atoms with Crippen LogP contribution in [0.1, 0.15) is 20.8 Å². The zero-order valence-electron chi connectivity index (χ0n) is 15.5. The Morgan fingerprint density at radius 3 is 2.64 bits per heavy atom. The van der Waals surface area contributed by atoms with Crippen molar-refractivity contribution in [2.24, 2.45) is 5.84 Å². The first-order chi connectivity index (χ1) is 11.7. The summed E-state index contributed by atoms with van der Waals surface area (Å²) in [5, 5.41) is 23.0. The van der Waals surface area contributed by atoms with Crippen molar-refractivity contribution >= 4 is 22.3 Å². The van der Waals surface area contributed by atoms with Crippen molar-refractivity contribution in [1.82, 2.24) is 15.5 Å². The number of hydrogen-bond donors (Lipinski definition) is 4. The minimum atomic E-state index is -0.618. The Balaban J connectivity index is 2.22. The Kier molecular flexibility index (Phi) is 5.99. The molecule has 5 N–H and O–H groups in total. The van der Waals surface area contributed by atoms with E-state index in [4.69, 9.17) is 10.6 Å². The molecule has 1 atom stereocenters. The summed E-state index contributed by atoms with van der Waals surface area (Å²) in [7, 11) is 3.87. The molecular formula is C17H28N6O2. The Morgan fingerprint density at radius 1 is 1.32 bits per heavy atom. The third kappa shape index (κ3) is 5.15. The minimum Gasteiger partial charge on any atom is -0.489 e. The van der Waals surface area contributed by atoms with E-state index in [2.05, 4.69) is 41.7 Å². The molecule has 0 aliphatic heterocycles. The van der Waals surface area contributed by atoms with E-state index in [1.165, 1.54) is 0 Å². The predicted molar refractivity (Wildman–Crippen MR) is 101 cm³/mol. The Morgan fingerprint density at radius 2 is 2.04 bits per heavy atom. The molecule has 8 heteroatoms. The zero-order valence-corrected chi connectivity index (χ0v) is 15.5. The number of hydrazine groups is 1. The van der Waals surface area contributed by atoms with Gasteiger partial charge in [0, 0.05) is 37.0 Å². The largest absolute Gasteiger partial charge is 0.489 e. The normalized spacial score (nSPS) is 12.9. The van der Waals surface area contributed by atoms with Gasteiger partial charge in [-0.2, -0.15) is 5.10 Å². The Hall–Kier alpha value is -2.16. The van der Waals surface area contributed by atoms with Crippen LogP contribution >= 0.6 is 0 Å². The SMILES string of the molecule is CN(C)c1cc2cnnc(NN)c2cc1OCC(O)CNC(C)(C)C. The first-order valence-corrected chi connectivity index (χ1v) is 8.20. The molecule has 1 heterocycles. The number of nitrogens with one attached hydrogen (secondary N) is 2. The molecule has 0 aliphatic rings. The van der Waals surface area contributed by atoms with Crippen LogP contribution in [0.15, 0.2) is 18.3 Å². The molecule has 1 aromatic heterocycles. The number of fused-ring (bicyclic) bond motifs is 1. The van der Waals surface area contributed by atoms with Crippen LogP contribution < -0.4 is 26.2 Å². The van der Waals surface area contributed by atoms with Gasteiger partial charge in [0.1, 0.15) is 18.5 Å². The second kappa shape index (κ2) is 7.81. The molecule has 0 saturated carbocycles. The molecule has 0 spiro atoms. The van der Waals surface area contributed by atoms with Gasteiger partial charge in [0.25, 0.3) is 0 Å². The number of nitrogen functional groups attached to an aromatic ring is 1. The van der Waals surface area contributed by atoms with Crippen LogP contribution in [0.3, 0.4) is 0 Å². The standard InChI is InChI=1S/C17H28N6O2/c1-17(2,3)19-9-12(24)10-25-15-7-13-11(6-14(15)23(4)5)8-20-22-16(13)21-18/h6-8,12,19,24H,9-10,18H2,1-5H3,(H,21,22). The lowest BCUT2D eigenvalue weighted by molar-refractivity contribution is 0.100. The molecule has 0 amide bonds. The third-order valence-electron chi connectivity index (χ3n) is 3.66. The van der Waals surface area contributed by atoms with Gasteiger partial charge >= 0.3 is 0 Å². The first kappa shape index (κ1) is 19.2. The highest BCUT2D eigenvalue weighted by atomic mass is 16.5. The molecule has 0 saturated heterocycles. The monoisotopic (exact) mass is 348 g/mol. The van der Waals surface area contributed by atoms with E-state index < -0.39 is 6.10 Å². The van der Waals surface area contributed by atoms with Crippen molar-refractivity contribution in [3.63, 3.8) is 0 Å². The smallest absolute Gasteiger partial charge is 0.170 e. The van der Waals surface area contributed by atoms with Crippen LogP contribution in [0, 0.1) is 0 Å². The molecule has 0 bridgehead atoms. The van der Waals surface area contributed by atoms with Crippen molar-refractivity contribution in [1.29, 1.82) is 0 Å². The van der Waals surface area contributed by atoms with Crippen molar-refractivity contribution in [3.8, 4) is 5.75 Å².